The second-order valence-electron chi connectivity index (χ2n) is 8.91. The third-order valence-electron chi connectivity index (χ3n) is 6.43. The molecule has 3 aromatic rings. The molecule has 1 atom stereocenters. The van der Waals surface area contributed by atoms with Crippen LogP contribution >= 0.6 is 0 Å². The first-order chi connectivity index (χ1) is 17.3. The summed E-state index contributed by atoms with van der Waals surface area (Å²) in [6.07, 6.45) is 0.113. The monoisotopic (exact) mass is 487 g/mol. The third-order valence-corrected chi connectivity index (χ3v) is 6.43. The van der Waals surface area contributed by atoms with Gasteiger partial charge in [-0.2, -0.15) is 0 Å². The summed E-state index contributed by atoms with van der Waals surface area (Å²) in [5.41, 5.74) is 4.81. The quantitative estimate of drug-likeness (QED) is 0.425. The molecule has 1 aliphatic rings. The largest absolute Gasteiger partial charge is 0.463 e. The summed E-state index contributed by atoms with van der Waals surface area (Å²) in [7, 11) is 1.27. The molecule has 0 radical (unpaired) electrons. The Hall–Kier alpha value is -4.13. The van der Waals surface area contributed by atoms with Gasteiger partial charge in [-0.1, -0.05) is 54.1 Å². The van der Waals surface area contributed by atoms with Gasteiger partial charge >= 0.3 is 11.9 Å². The van der Waals surface area contributed by atoms with Crippen molar-refractivity contribution in [1.82, 2.24) is 4.90 Å². The molecule has 186 valence electrons. The van der Waals surface area contributed by atoms with Crippen LogP contribution in [0.1, 0.15) is 57.8 Å². The summed E-state index contributed by atoms with van der Waals surface area (Å²) in [4.78, 5) is 40.1. The minimum absolute atomic E-state index is 0.0503. The lowest BCUT2D eigenvalue weighted by molar-refractivity contribution is -0.141. The number of amides is 1. The fourth-order valence-corrected chi connectivity index (χ4v) is 4.50. The van der Waals surface area contributed by atoms with E-state index in [4.69, 9.17) is 13.9 Å². The SMILES string of the molecule is COC(=O)c1ccc(CN2C(=O)CC(c3cc(C)ccc3C)C(C(=O)OCc3ccccc3)=C2C)o1. The number of carbonyl (C=O) groups excluding carboxylic acids is 3. The van der Waals surface area contributed by atoms with Crippen LogP contribution in [-0.2, 0) is 32.2 Å². The summed E-state index contributed by atoms with van der Waals surface area (Å²) in [5.74, 6) is -1.18. The number of carbonyl (C=O) groups is 3. The molecular weight excluding hydrogens is 458 g/mol. The van der Waals surface area contributed by atoms with Gasteiger partial charge in [-0.15, -0.1) is 0 Å². The van der Waals surface area contributed by atoms with Gasteiger partial charge in [-0.25, -0.2) is 9.59 Å². The van der Waals surface area contributed by atoms with E-state index in [1.807, 2.05) is 62.4 Å². The number of nitrogens with zero attached hydrogens (tertiary/aromatic N) is 1. The van der Waals surface area contributed by atoms with Crippen LogP contribution in [0.4, 0.5) is 0 Å². The Kier molecular flexibility index (Phi) is 7.38. The van der Waals surface area contributed by atoms with Crippen molar-refractivity contribution in [3.8, 4) is 0 Å². The van der Waals surface area contributed by atoms with Gasteiger partial charge in [0.25, 0.3) is 0 Å². The molecule has 0 spiro atoms. The van der Waals surface area contributed by atoms with E-state index in [2.05, 4.69) is 0 Å². The molecule has 0 aliphatic carbocycles. The average Bonchev–Trinajstić information content (AvgIpc) is 3.35. The lowest BCUT2D eigenvalue weighted by Gasteiger charge is -2.34. The maximum atomic E-state index is 13.5. The molecule has 1 aliphatic heterocycles. The Morgan fingerprint density at radius 3 is 2.47 bits per heavy atom. The molecule has 0 bridgehead atoms. The second kappa shape index (κ2) is 10.6. The van der Waals surface area contributed by atoms with Crippen LogP contribution in [0, 0.1) is 13.8 Å². The molecule has 0 saturated carbocycles. The fraction of sp³-hybridized carbons (Fsp3) is 0.276. The molecule has 7 heteroatoms. The van der Waals surface area contributed by atoms with Crippen LogP contribution in [0.25, 0.3) is 0 Å². The number of esters is 2. The molecule has 0 saturated heterocycles. The van der Waals surface area contributed by atoms with Crippen LogP contribution in [0.15, 0.2) is 76.4 Å². The van der Waals surface area contributed by atoms with Crippen LogP contribution in [-0.4, -0.2) is 29.9 Å². The Morgan fingerprint density at radius 2 is 1.75 bits per heavy atom. The molecule has 0 N–H and O–H groups in total. The Bertz CT molecular complexity index is 1320. The number of ether oxygens (including phenoxy) is 2. The van der Waals surface area contributed by atoms with Crippen molar-refractivity contribution >= 4 is 17.8 Å². The molecule has 7 nitrogen and oxygen atoms in total. The number of rotatable bonds is 7. The maximum absolute atomic E-state index is 13.5. The third kappa shape index (κ3) is 5.25. The molecule has 36 heavy (non-hydrogen) atoms. The molecule has 0 fully saturated rings. The zero-order chi connectivity index (χ0) is 25.8. The van der Waals surface area contributed by atoms with Crippen LogP contribution in [0.3, 0.4) is 0 Å². The van der Waals surface area contributed by atoms with Gasteiger partial charge in [-0.05, 0) is 49.6 Å². The van der Waals surface area contributed by atoms with E-state index in [1.54, 1.807) is 13.0 Å². The topological polar surface area (TPSA) is 86.0 Å². The molecule has 1 unspecified atom stereocenters. The van der Waals surface area contributed by atoms with Gasteiger partial charge in [0.05, 0.1) is 19.2 Å². The minimum Gasteiger partial charge on any atom is -0.463 e. The standard InChI is InChI=1S/C29H29NO6/c1-18-10-11-19(2)23(14-18)24-15-26(31)30(16-22-12-13-25(36-22)28(32)34-4)20(3)27(24)29(33)35-17-21-8-6-5-7-9-21/h5-14,24H,15-17H2,1-4H3. The predicted octanol–water partition coefficient (Wildman–Crippen LogP) is 5.22. The van der Waals surface area contributed by atoms with Crippen LogP contribution < -0.4 is 0 Å². The van der Waals surface area contributed by atoms with E-state index < -0.39 is 17.9 Å². The van der Waals surface area contributed by atoms with Crippen molar-refractivity contribution < 1.29 is 28.3 Å². The summed E-state index contributed by atoms with van der Waals surface area (Å²) >= 11 is 0. The number of hydrogen-bond donors (Lipinski definition) is 0. The number of aryl methyl sites for hydroxylation is 2. The second-order valence-corrected chi connectivity index (χ2v) is 8.91. The van der Waals surface area contributed by atoms with Crippen LogP contribution in [0.5, 0.6) is 0 Å². The van der Waals surface area contributed by atoms with E-state index in [0.717, 1.165) is 22.3 Å². The van der Waals surface area contributed by atoms with E-state index >= 15 is 0 Å². The molecule has 1 amide bonds. The molecule has 2 aromatic carbocycles. The van der Waals surface area contributed by atoms with Gasteiger partial charge in [0.2, 0.25) is 11.7 Å². The Labute approximate surface area is 210 Å². The Morgan fingerprint density at radius 1 is 1.00 bits per heavy atom. The van der Waals surface area contributed by atoms with Crippen molar-refractivity contribution in [2.24, 2.45) is 0 Å². The average molecular weight is 488 g/mol. The van der Waals surface area contributed by atoms with Crippen LogP contribution in [0.2, 0.25) is 0 Å². The van der Waals surface area contributed by atoms with E-state index in [0.29, 0.717) is 17.0 Å². The Balaban J connectivity index is 1.70. The van der Waals surface area contributed by atoms with E-state index in [1.165, 1.54) is 18.1 Å². The van der Waals surface area contributed by atoms with Crippen molar-refractivity contribution in [3.63, 3.8) is 0 Å². The molecule has 1 aromatic heterocycles. The van der Waals surface area contributed by atoms with Gasteiger partial charge in [0.1, 0.15) is 12.4 Å². The van der Waals surface area contributed by atoms with E-state index in [9.17, 15) is 14.4 Å². The van der Waals surface area contributed by atoms with Crippen molar-refractivity contribution in [2.45, 2.75) is 46.3 Å². The highest BCUT2D eigenvalue weighted by atomic mass is 16.5. The summed E-state index contributed by atoms with van der Waals surface area (Å²) in [5, 5.41) is 0. The summed E-state index contributed by atoms with van der Waals surface area (Å²) in [6.45, 7) is 5.92. The zero-order valence-electron chi connectivity index (χ0n) is 20.9. The van der Waals surface area contributed by atoms with Crippen molar-refractivity contribution in [2.75, 3.05) is 7.11 Å². The number of benzene rings is 2. The number of methoxy groups -OCH3 is 1. The highest BCUT2D eigenvalue weighted by Crippen LogP contribution is 2.39. The predicted molar refractivity (Wildman–Crippen MR) is 133 cm³/mol. The first kappa shape index (κ1) is 25.0. The maximum Gasteiger partial charge on any atom is 0.373 e. The number of furan rings is 1. The van der Waals surface area contributed by atoms with E-state index in [-0.39, 0.29) is 31.2 Å². The fourth-order valence-electron chi connectivity index (χ4n) is 4.50. The van der Waals surface area contributed by atoms with Gasteiger partial charge in [-0.3, -0.25) is 4.79 Å². The van der Waals surface area contributed by atoms with Gasteiger partial charge < -0.3 is 18.8 Å². The number of allylic oxidation sites excluding steroid dienone is 1. The summed E-state index contributed by atoms with van der Waals surface area (Å²) < 4.78 is 16.0. The van der Waals surface area contributed by atoms with Gasteiger partial charge in [0, 0.05) is 18.0 Å². The number of hydrogen-bond acceptors (Lipinski definition) is 6. The molecule has 2 heterocycles. The van der Waals surface area contributed by atoms with Crippen molar-refractivity contribution in [3.05, 3.63) is 106 Å². The zero-order valence-corrected chi connectivity index (χ0v) is 20.9. The summed E-state index contributed by atoms with van der Waals surface area (Å²) in [6, 6.07) is 18.6. The first-order valence-electron chi connectivity index (χ1n) is 11.7. The highest BCUT2D eigenvalue weighted by molar-refractivity contribution is 5.96. The first-order valence-corrected chi connectivity index (χ1v) is 11.7. The van der Waals surface area contributed by atoms with Crippen molar-refractivity contribution in [1.29, 1.82) is 0 Å². The minimum atomic E-state index is -0.598. The smallest absolute Gasteiger partial charge is 0.373 e. The molecule has 4 rings (SSSR count). The lowest BCUT2D eigenvalue weighted by Crippen LogP contribution is -2.38. The lowest BCUT2D eigenvalue weighted by atomic mass is 9.81. The normalized spacial score (nSPS) is 15.7. The van der Waals surface area contributed by atoms with Gasteiger partial charge in [0.15, 0.2) is 0 Å². The highest BCUT2D eigenvalue weighted by Gasteiger charge is 2.38. The molecular formula is C29H29NO6.